The zero-order valence-electron chi connectivity index (χ0n) is 6.69. The quantitative estimate of drug-likeness (QED) is 0.487. The van der Waals surface area contributed by atoms with Crippen LogP contribution in [0.2, 0.25) is 0 Å². The van der Waals surface area contributed by atoms with E-state index in [1.165, 1.54) is 6.07 Å². The molecule has 0 radical (unpaired) electrons. The van der Waals surface area contributed by atoms with Gasteiger partial charge in [0.25, 0.3) is 0 Å². The Morgan fingerprint density at radius 1 is 1.15 bits per heavy atom. The maximum absolute atomic E-state index is 10.9. The SMILES string of the molecule is O=Cc1cccc2ccc(=O)oc12. The van der Waals surface area contributed by atoms with Crippen molar-refractivity contribution in [2.75, 3.05) is 0 Å². The third-order valence-corrected chi connectivity index (χ3v) is 1.80. The van der Waals surface area contributed by atoms with E-state index in [0.29, 0.717) is 17.4 Å². The Bertz CT molecular complexity index is 511. The molecule has 0 aliphatic heterocycles. The molecule has 64 valence electrons. The predicted molar refractivity (Wildman–Crippen MR) is 47.9 cm³/mol. The standard InChI is InChI=1S/C10H6O3/c11-6-8-3-1-2-7-4-5-9(12)13-10(7)8/h1-6H. The van der Waals surface area contributed by atoms with E-state index in [2.05, 4.69) is 0 Å². The molecule has 1 heterocycles. The van der Waals surface area contributed by atoms with Crippen LogP contribution in [-0.2, 0) is 0 Å². The average molecular weight is 174 g/mol. The van der Waals surface area contributed by atoms with Gasteiger partial charge in [0.1, 0.15) is 5.58 Å². The topological polar surface area (TPSA) is 47.3 Å². The highest BCUT2D eigenvalue weighted by Gasteiger charge is 2.01. The van der Waals surface area contributed by atoms with Crippen molar-refractivity contribution in [3.63, 3.8) is 0 Å². The van der Waals surface area contributed by atoms with Crippen molar-refractivity contribution >= 4 is 17.3 Å². The lowest BCUT2D eigenvalue weighted by atomic mass is 10.1. The second kappa shape index (κ2) is 2.86. The molecule has 0 aliphatic rings. The summed E-state index contributed by atoms with van der Waals surface area (Å²) in [5, 5.41) is 0.754. The Balaban J connectivity index is 2.95. The summed E-state index contributed by atoms with van der Waals surface area (Å²) in [7, 11) is 0. The second-order valence-corrected chi connectivity index (χ2v) is 2.64. The van der Waals surface area contributed by atoms with Crippen LogP contribution in [0.1, 0.15) is 10.4 Å². The summed E-state index contributed by atoms with van der Waals surface area (Å²) in [6.45, 7) is 0. The number of rotatable bonds is 1. The Morgan fingerprint density at radius 3 is 2.77 bits per heavy atom. The van der Waals surface area contributed by atoms with Crippen molar-refractivity contribution in [3.8, 4) is 0 Å². The van der Waals surface area contributed by atoms with Gasteiger partial charge in [-0.3, -0.25) is 4.79 Å². The molecule has 0 aliphatic carbocycles. The van der Waals surface area contributed by atoms with E-state index in [9.17, 15) is 9.59 Å². The molecular weight excluding hydrogens is 168 g/mol. The number of benzene rings is 1. The third kappa shape index (κ3) is 1.24. The molecule has 0 spiro atoms. The number of fused-ring (bicyclic) bond motifs is 1. The first-order valence-electron chi connectivity index (χ1n) is 3.79. The number of hydrogen-bond acceptors (Lipinski definition) is 3. The van der Waals surface area contributed by atoms with E-state index in [0.717, 1.165) is 5.39 Å². The van der Waals surface area contributed by atoms with Gasteiger partial charge in [0.05, 0.1) is 5.56 Å². The summed E-state index contributed by atoms with van der Waals surface area (Å²) in [5.41, 5.74) is 0.307. The van der Waals surface area contributed by atoms with Gasteiger partial charge in [-0.25, -0.2) is 4.79 Å². The van der Waals surface area contributed by atoms with Crippen molar-refractivity contribution < 1.29 is 9.21 Å². The van der Waals surface area contributed by atoms with Crippen molar-refractivity contribution in [3.05, 3.63) is 46.3 Å². The molecule has 0 N–H and O–H groups in total. The molecule has 3 nitrogen and oxygen atoms in total. The molecule has 0 atom stereocenters. The van der Waals surface area contributed by atoms with Gasteiger partial charge in [-0.2, -0.15) is 0 Å². The van der Waals surface area contributed by atoms with E-state index in [-0.39, 0.29) is 0 Å². The number of carbonyl (C=O) groups excluding carboxylic acids is 1. The highest BCUT2D eigenvalue weighted by Crippen LogP contribution is 2.14. The first-order chi connectivity index (χ1) is 6.31. The summed E-state index contributed by atoms with van der Waals surface area (Å²) in [6.07, 6.45) is 0.672. The molecule has 0 saturated carbocycles. The zero-order chi connectivity index (χ0) is 9.26. The summed E-state index contributed by atoms with van der Waals surface area (Å²) < 4.78 is 4.90. The first kappa shape index (κ1) is 7.73. The fourth-order valence-corrected chi connectivity index (χ4v) is 1.21. The average Bonchev–Trinajstić information content (AvgIpc) is 2.17. The molecule has 3 heteroatoms. The fourth-order valence-electron chi connectivity index (χ4n) is 1.21. The van der Waals surface area contributed by atoms with E-state index < -0.39 is 5.63 Å². The molecule has 0 unspecified atom stereocenters. The largest absolute Gasteiger partial charge is 0.422 e. The van der Waals surface area contributed by atoms with Crippen LogP contribution < -0.4 is 5.63 Å². The molecule has 13 heavy (non-hydrogen) atoms. The van der Waals surface area contributed by atoms with Crippen LogP contribution in [-0.4, -0.2) is 6.29 Å². The highest BCUT2D eigenvalue weighted by molar-refractivity contribution is 5.93. The summed E-state index contributed by atoms with van der Waals surface area (Å²) in [4.78, 5) is 21.4. The molecular formula is C10H6O3. The molecule has 2 aromatic rings. The minimum absolute atomic E-state index is 0.352. The van der Waals surface area contributed by atoms with E-state index >= 15 is 0 Å². The Kier molecular flexibility index (Phi) is 1.70. The van der Waals surface area contributed by atoms with Gasteiger partial charge in [0, 0.05) is 11.5 Å². The van der Waals surface area contributed by atoms with Crippen LogP contribution in [0.4, 0.5) is 0 Å². The Morgan fingerprint density at radius 2 is 2.00 bits per heavy atom. The second-order valence-electron chi connectivity index (χ2n) is 2.64. The molecule has 1 aromatic heterocycles. The Labute approximate surface area is 73.6 Å². The van der Waals surface area contributed by atoms with Gasteiger partial charge in [0.15, 0.2) is 6.29 Å². The normalized spacial score (nSPS) is 10.2. The number of para-hydroxylation sites is 1. The fraction of sp³-hybridized carbons (Fsp3) is 0. The van der Waals surface area contributed by atoms with Gasteiger partial charge in [-0.05, 0) is 12.1 Å². The monoisotopic (exact) mass is 174 g/mol. The van der Waals surface area contributed by atoms with Crippen molar-refractivity contribution in [2.24, 2.45) is 0 Å². The van der Waals surface area contributed by atoms with Crippen molar-refractivity contribution in [2.45, 2.75) is 0 Å². The van der Waals surface area contributed by atoms with Crippen LogP contribution >= 0.6 is 0 Å². The highest BCUT2D eigenvalue weighted by atomic mass is 16.4. The van der Waals surface area contributed by atoms with E-state index in [1.54, 1.807) is 24.3 Å². The van der Waals surface area contributed by atoms with Gasteiger partial charge in [0.2, 0.25) is 0 Å². The van der Waals surface area contributed by atoms with Crippen LogP contribution in [0.25, 0.3) is 11.0 Å². The predicted octanol–water partition coefficient (Wildman–Crippen LogP) is 1.61. The van der Waals surface area contributed by atoms with E-state index in [4.69, 9.17) is 4.42 Å². The van der Waals surface area contributed by atoms with Crippen LogP contribution in [0.5, 0.6) is 0 Å². The minimum atomic E-state index is -0.443. The van der Waals surface area contributed by atoms with Gasteiger partial charge in [-0.1, -0.05) is 12.1 Å². The third-order valence-electron chi connectivity index (χ3n) is 1.80. The molecule has 0 fully saturated rings. The van der Waals surface area contributed by atoms with Gasteiger partial charge >= 0.3 is 5.63 Å². The number of carbonyl (C=O) groups is 1. The first-order valence-corrected chi connectivity index (χ1v) is 3.79. The lowest BCUT2D eigenvalue weighted by molar-refractivity contribution is 0.112. The molecule has 0 amide bonds. The zero-order valence-corrected chi connectivity index (χ0v) is 6.69. The number of aldehydes is 1. The summed E-state index contributed by atoms with van der Waals surface area (Å²) in [6, 6.07) is 8.10. The van der Waals surface area contributed by atoms with Crippen LogP contribution in [0.3, 0.4) is 0 Å². The molecule has 0 bridgehead atoms. The van der Waals surface area contributed by atoms with Crippen molar-refractivity contribution in [1.29, 1.82) is 0 Å². The van der Waals surface area contributed by atoms with Gasteiger partial charge < -0.3 is 4.42 Å². The van der Waals surface area contributed by atoms with Crippen LogP contribution in [0.15, 0.2) is 39.5 Å². The molecule has 2 rings (SSSR count). The van der Waals surface area contributed by atoms with E-state index in [1.807, 2.05) is 0 Å². The lowest BCUT2D eigenvalue weighted by Crippen LogP contribution is -1.96. The lowest BCUT2D eigenvalue weighted by Gasteiger charge is -1.96. The van der Waals surface area contributed by atoms with Crippen LogP contribution in [0, 0.1) is 0 Å². The maximum atomic E-state index is 10.9. The van der Waals surface area contributed by atoms with Crippen molar-refractivity contribution in [1.82, 2.24) is 0 Å². The maximum Gasteiger partial charge on any atom is 0.336 e. The Hall–Kier alpha value is -1.90. The summed E-state index contributed by atoms with van der Waals surface area (Å²) >= 11 is 0. The number of hydrogen-bond donors (Lipinski definition) is 0. The molecule has 0 saturated heterocycles. The van der Waals surface area contributed by atoms with Gasteiger partial charge in [-0.15, -0.1) is 0 Å². The smallest absolute Gasteiger partial charge is 0.336 e. The summed E-state index contributed by atoms with van der Waals surface area (Å²) in [5.74, 6) is 0. The molecule has 1 aromatic carbocycles. The minimum Gasteiger partial charge on any atom is -0.422 e.